The van der Waals surface area contributed by atoms with Gasteiger partial charge in [0.15, 0.2) is 5.75 Å². The molecule has 0 fully saturated rings. The minimum Gasteiger partial charge on any atom is -0.490 e. The molecule has 2 aromatic heterocycles. The predicted molar refractivity (Wildman–Crippen MR) is 98.8 cm³/mol. The first-order valence-electron chi connectivity index (χ1n) is 8.60. The van der Waals surface area contributed by atoms with Crippen LogP contribution in [0.5, 0.6) is 5.75 Å². The maximum Gasteiger partial charge on any atom is 0.303 e. The van der Waals surface area contributed by atoms with Gasteiger partial charge < -0.3 is 15.4 Å². The Morgan fingerprint density at radius 1 is 1.29 bits per heavy atom. The zero-order chi connectivity index (χ0) is 20.9. The summed E-state index contributed by atoms with van der Waals surface area (Å²) in [5.74, 6) is -3.56. The van der Waals surface area contributed by atoms with E-state index in [-0.39, 0.29) is 36.3 Å². The second-order valence-electron chi connectivity index (χ2n) is 6.40. The van der Waals surface area contributed by atoms with E-state index in [4.69, 9.17) is 4.74 Å². The molecule has 10 heteroatoms. The van der Waals surface area contributed by atoms with Gasteiger partial charge in [-0.15, -0.1) is 0 Å². The van der Waals surface area contributed by atoms with Crippen LogP contribution in [0.3, 0.4) is 0 Å². The van der Waals surface area contributed by atoms with Crippen LogP contribution in [0.4, 0.5) is 30.5 Å². The molecule has 0 aliphatic rings. The summed E-state index contributed by atoms with van der Waals surface area (Å²) in [6, 6.07) is 2.96. The summed E-state index contributed by atoms with van der Waals surface area (Å²) in [7, 11) is 0. The number of carbonyl (C=O) groups excluding carboxylic acids is 1. The Hall–Kier alpha value is -2.91. The van der Waals surface area contributed by atoms with Crippen molar-refractivity contribution < 1.29 is 22.7 Å². The molecule has 0 saturated carbocycles. The SMILES string of the molecule is CC(=O)Nc1cc(Nc2cc(C)nc(C(C)(F)F)n2)c(OCC[C@H](C)F)cn1. The monoisotopic (exact) mass is 397 g/mol. The fraction of sp³-hybridized carbons (Fsp3) is 0.444. The van der Waals surface area contributed by atoms with Gasteiger partial charge in [0.1, 0.15) is 17.8 Å². The van der Waals surface area contributed by atoms with Gasteiger partial charge in [-0.05, 0) is 13.8 Å². The first-order valence-corrected chi connectivity index (χ1v) is 8.60. The number of alkyl halides is 3. The van der Waals surface area contributed by atoms with Gasteiger partial charge in [0.2, 0.25) is 11.7 Å². The number of hydrogen-bond acceptors (Lipinski definition) is 6. The highest BCUT2D eigenvalue weighted by molar-refractivity contribution is 5.88. The van der Waals surface area contributed by atoms with Gasteiger partial charge in [-0.2, -0.15) is 8.78 Å². The molecule has 2 aromatic rings. The third kappa shape index (κ3) is 6.36. The molecule has 0 bridgehead atoms. The molecule has 1 amide bonds. The molecule has 0 aliphatic carbocycles. The van der Waals surface area contributed by atoms with E-state index in [0.29, 0.717) is 18.3 Å². The fourth-order valence-corrected chi connectivity index (χ4v) is 2.20. The molecule has 7 nitrogen and oxygen atoms in total. The van der Waals surface area contributed by atoms with Crippen LogP contribution in [0.25, 0.3) is 0 Å². The highest BCUT2D eigenvalue weighted by Gasteiger charge is 2.29. The molecule has 0 spiro atoms. The van der Waals surface area contributed by atoms with E-state index < -0.39 is 17.9 Å². The quantitative estimate of drug-likeness (QED) is 0.697. The molecule has 0 aliphatic heterocycles. The van der Waals surface area contributed by atoms with Crippen LogP contribution in [0.2, 0.25) is 0 Å². The highest BCUT2D eigenvalue weighted by Crippen LogP contribution is 2.31. The molecule has 152 valence electrons. The zero-order valence-electron chi connectivity index (χ0n) is 16.0. The van der Waals surface area contributed by atoms with Gasteiger partial charge in [0, 0.05) is 38.1 Å². The van der Waals surface area contributed by atoms with E-state index in [9.17, 15) is 18.0 Å². The number of amides is 1. The maximum absolute atomic E-state index is 13.6. The smallest absolute Gasteiger partial charge is 0.303 e. The van der Waals surface area contributed by atoms with Gasteiger partial charge in [-0.1, -0.05) is 0 Å². The van der Waals surface area contributed by atoms with Gasteiger partial charge in [0.05, 0.1) is 18.5 Å². The molecular weight excluding hydrogens is 375 g/mol. The van der Waals surface area contributed by atoms with Crippen LogP contribution in [-0.2, 0) is 10.7 Å². The fourth-order valence-electron chi connectivity index (χ4n) is 2.20. The normalized spacial score (nSPS) is 12.4. The van der Waals surface area contributed by atoms with Crippen molar-refractivity contribution in [2.75, 3.05) is 17.2 Å². The summed E-state index contributed by atoms with van der Waals surface area (Å²) in [5.41, 5.74) is 0.674. The topological polar surface area (TPSA) is 89.0 Å². The number of halogens is 3. The van der Waals surface area contributed by atoms with Gasteiger partial charge in [0.25, 0.3) is 0 Å². The predicted octanol–water partition coefficient (Wildman–Crippen LogP) is 4.12. The van der Waals surface area contributed by atoms with Crippen LogP contribution in [0.15, 0.2) is 18.3 Å². The van der Waals surface area contributed by atoms with Crippen molar-refractivity contribution in [1.29, 1.82) is 0 Å². The van der Waals surface area contributed by atoms with Gasteiger partial charge in [-0.25, -0.2) is 19.3 Å². The third-order valence-electron chi connectivity index (χ3n) is 3.45. The molecule has 0 aromatic carbocycles. The molecule has 1 atom stereocenters. The number of ether oxygens (including phenoxy) is 1. The van der Waals surface area contributed by atoms with Crippen molar-refractivity contribution >= 4 is 23.2 Å². The Morgan fingerprint density at radius 3 is 2.61 bits per heavy atom. The minimum absolute atomic E-state index is 0.0919. The van der Waals surface area contributed by atoms with Crippen molar-refractivity contribution in [2.45, 2.75) is 46.2 Å². The lowest BCUT2D eigenvalue weighted by molar-refractivity contribution is -0.114. The second-order valence-corrected chi connectivity index (χ2v) is 6.40. The minimum atomic E-state index is -3.21. The molecular formula is C18H22F3N5O2. The molecule has 2 rings (SSSR count). The highest BCUT2D eigenvalue weighted by atomic mass is 19.3. The lowest BCUT2D eigenvalue weighted by atomic mass is 10.3. The standard InChI is InChI=1S/C18H22F3N5O2/c1-10(19)5-6-28-14-9-22-15(24-12(3)27)8-13(14)25-16-7-11(2)23-17(26-16)18(4,20)21/h7-10H,5-6H2,1-4H3,(H2,22,23,24,25,26,27)/t10-/m0/s1. The number of aromatic nitrogens is 3. The molecule has 0 unspecified atom stereocenters. The van der Waals surface area contributed by atoms with Crippen molar-refractivity contribution in [3.8, 4) is 5.75 Å². The summed E-state index contributed by atoms with van der Waals surface area (Å²) < 4.78 is 45.8. The van der Waals surface area contributed by atoms with Crippen molar-refractivity contribution in [2.24, 2.45) is 0 Å². The van der Waals surface area contributed by atoms with E-state index in [1.807, 2.05) is 0 Å². The number of anilines is 3. The van der Waals surface area contributed by atoms with Crippen LogP contribution >= 0.6 is 0 Å². The van der Waals surface area contributed by atoms with E-state index in [1.165, 1.54) is 32.2 Å². The summed E-state index contributed by atoms with van der Waals surface area (Å²) >= 11 is 0. The van der Waals surface area contributed by atoms with Crippen molar-refractivity contribution in [3.63, 3.8) is 0 Å². The Balaban J connectivity index is 2.35. The third-order valence-corrected chi connectivity index (χ3v) is 3.45. The maximum atomic E-state index is 13.6. The van der Waals surface area contributed by atoms with E-state index in [2.05, 4.69) is 25.6 Å². The number of carbonyl (C=O) groups is 1. The number of nitrogens with one attached hydrogen (secondary N) is 2. The first-order chi connectivity index (χ1) is 13.0. The molecule has 0 radical (unpaired) electrons. The van der Waals surface area contributed by atoms with Crippen molar-refractivity contribution in [1.82, 2.24) is 15.0 Å². The Morgan fingerprint density at radius 2 is 2.00 bits per heavy atom. The Labute approximate surface area is 160 Å². The average molecular weight is 397 g/mol. The van der Waals surface area contributed by atoms with Crippen LogP contribution in [-0.4, -0.2) is 33.6 Å². The summed E-state index contributed by atoms with van der Waals surface area (Å²) in [5, 5.41) is 5.40. The van der Waals surface area contributed by atoms with Crippen LogP contribution < -0.4 is 15.4 Å². The van der Waals surface area contributed by atoms with E-state index in [0.717, 1.165) is 0 Å². The molecule has 2 N–H and O–H groups in total. The van der Waals surface area contributed by atoms with E-state index in [1.54, 1.807) is 6.92 Å². The Bertz CT molecular complexity index is 840. The van der Waals surface area contributed by atoms with Gasteiger partial charge >= 0.3 is 5.92 Å². The molecule has 28 heavy (non-hydrogen) atoms. The lowest BCUT2D eigenvalue weighted by Crippen LogP contribution is -2.15. The number of rotatable bonds is 8. The summed E-state index contributed by atoms with van der Waals surface area (Å²) in [6.07, 6.45) is 0.480. The number of nitrogens with zero attached hydrogens (tertiary/aromatic N) is 3. The molecule has 2 heterocycles. The summed E-state index contributed by atoms with van der Waals surface area (Å²) in [4.78, 5) is 22.9. The van der Waals surface area contributed by atoms with Crippen LogP contribution in [0, 0.1) is 6.92 Å². The average Bonchev–Trinajstić information content (AvgIpc) is 2.54. The van der Waals surface area contributed by atoms with E-state index >= 15 is 0 Å². The molecule has 0 saturated heterocycles. The lowest BCUT2D eigenvalue weighted by Gasteiger charge is -2.16. The second kappa shape index (κ2) is 8.85. The largest absolute Gasteiger partial charge is 0.490 e. The van der Waals surface area contributed by atoms with Gasteiger partial charge in [-0.3, -0.25) is 4.79 Å². The number of hydrogen-bond donors (Lipinski definition) is 2. The number of aryl methyl sites for hydroxylation is 1. The first kappa shape index (κ1) is 21.4. The number of pyridine rings is 1. The van der Waals surface area contributed by atoms with Crippen LogP contribution in [0.1, 0.15) is 38.7 Å². The Kier molecular flexibility index (Phi) is 6.76. The summed E-state index contributed by atoms with van der Waals surface area (Å²) in [6.45, 7) is 5.10. The van der Waals surface area contributed by atoms with Crippen molar-refractivity contribution in [3.05, 3.63) is 29.8 Å². The zero-order valence-corrected chi connectivity index (χ0v) is 16.0.